The van der Waals surface area contributed by atoms with Crippen LogP contribution in [0.2, 0.25) is 0 Å². The molecule has 1 unspecified atom stereocenters. The molecule has 1 atom stereocenters. The van der Waals surface area contributed by atoms with E-state index in [0.717, 1.165) is 5.69 Å². The molecule has 24 heavy (non-hydrogen) atoms. The summed E-state index contributed by atoms with van der Waals surface area (Å²) in [5.41, 5.74) is 1.76. The minimum atomic E-state index is -0.688. The third-order valence-electron chi connectivity index (χ3n) is 3.86. The van der Waals surface area contributed by atoms with Crippen molar-refractivity contribution in [3.63, 3.8) is 0 Å². The first-order valence-corrected chi connectivity index (χ1v) is 7.51. The number of aromatic nitrogens is 3. The Morgan fingerprint density at radius 1 is 1.33 bits per heavy atom. The summed E-state index contributed by atoms with van der Waals surface area (Å²) in [7, 11) is 1.58. The molecule has 0 spiro atoms. The van der Waals surface area contributed by atoms with Crippen molar-refractivity contribution in [2.45, 2.75) is 19.9 Å². The number of fused-ring (bicyclic) bond motifs is 1. The zero-order valence-electron chi connectivity index (χ0n) is 13.7. The van der Waals surface area contributed by atoms with Crippen molar-refractivity contribution in [3.05, 3.63) is 52.7 Å². The third-order valence-corrected chi connectivity index (χ3v) is 3.86. The van der Waals surface area contributed by atoms with Crippen LogP contribution in [0.3, 0.4) is 0 Å². The Morgan fingerprint density at radius 2 is 2.04 bits per heavy atom. The average Bonchev–Trinajstić information content (AvgIpc) is 2.97. The van der Waals surface area contributed by atoms with Crippen LogP contribution in [0, 0.1) is 6.92 Å². The molecule has 124 valence electrons. The number of aryl methyl sites for hydroxylation is 1. The fourth-order valence-electron chi connectivity index (χ4n) is 2.47. The number of amides is 1. The van der Waals surface area contributed by atoms with Crippen LogP contribution >= 0.6 is 0 Å². The van der Waals surface area contributed by atoms with E-state index in [1.165, 1.54) is 10.9 Å². The number of carbonyl (C=O) groups excluding carboxylic acids is 1. The molecule has 1 aromatic carbocycles. The van der Waals surface area contributed by atoms with Gasteiger partial charge in [-0.25, -0.2) is 4.98 Å². The van der Waals surface area contributed by atoms with E-state index in [4.69, 9.17) is 4.74 Å². The second-order valence-electron chi connectivity index (χ2n) is 5.57. The van der Waals surface area contributed by atoms with Crippen LogP contribution in [-0.2, 0) is 4.79 Å². The minimum Gasteiger partial charge on any atom is -0.497 e. The smallest absolute Gasteiger partial charge is 0.263 e. The summed E-state index contributed by atoms with van der Waals surface area (Å²) in [6.07, 6.45) is 1.39. The van der Waals surface area contributed by atoms with Gasteiger partial charge in [0.05, 0.1) is 12.5 Å². The minimum absolute atomic E-state index is 0.248. The van der Waals surface area contributed by atoms with Crippen molar-refractivity contribution in [1.29, 1.82) is 0 Å². The molecule has 0 bridgehead atoms. The molecule has 0 aliphatic rings. The van der Waals surface area contributed by atoms with Crippen LogP contribution in [0.4, 0.5) is 5.69 Å². The highest BCUT2D eigenvalue weighted by Gasteiger charge is 2.18. The number of rotatable bonds is 4. The predicted molar refractivity (Wildman–Crippen MR) is 91.4 cm³/mol. The number of ether oxygens (including phenoxy) is 1. The van der Waals surface area contributed by atoms with Gasteiger partial charge in [-0.1, -0.05) is 0 Å². The van der Waals surface area contributed by atoms with Gasteiger partial charge in [-0.05, 0) is 44.2 Å². The van der Waals surface area contributed by atoms with E-state index in [-0.39, 0.29) is 11.5 Å². The Hall–Kier alpha value is -3.09. The van der Waals surface area contributed by atoms with Gasteiger partial charge in [-0.3, -0.25) is 14.2 Å². The van der Waals surface area contributed by atoms with Crippen LogP contribution in [0.15, 0.2) is 41.5 Å². The number of nitrogens with zero attached hydrogens (tertiary/aromatic N) is 2. The van der Waals surface area contributed by atoms with Crippen molar-refractivity contribution in [3.8, 4) is 5.75 Å². The summed E-state index contributed by atoms with van der Waals surface area (Å²) in [6, 6.07) is 8.03. The molecule has 2 aromatic heterocycles. The topological polar surface area (TPSA) is 89.0 Å². The van der Waals surface area contributed by atoms with E-state index in [2.05, 4.69) is 15.3 Å². The molecule has 7 nitrogen and oxygen atoms in total. The lowest BCUT2D eigenvalue weighted by atomic mass is 10.2. The number of hydrogen-bond donors (Lipinski definition) is 2. The monoisotopic (exact) mass is 326 g/mol. The number of methoxy groups -OCH3 is 1. The maximum atomic E-state index is 12.5. The van der Waals surface area contributed by atoms with E-state index in [1.54, 1.807) is 44.4 Å². The fourth-order valence-corrected chi connectivity index (χ4v) is 2.47. The Labute approximate surface area is 138 Å². The van der Waals surface area contributed by atoms with Gasteiger partial charge in [-0.15, -0.1) is 0 Å². The van der Waals surface area contributed by atoms with Crippen molar-refractivity contribution >= 4 is 22.6 Å². The number of carbonyl (C=O) groups is 1. The molecule has 0 saturated carbocycles. The fraction of sp³-hybridized carbons (Fsp3) is 0.235. The largest absolute Gasteiger partial charge is 0.497 e. The van der Waals surface area contributed by atoms with Crippen molar-refractivity contribution in [2.75, 3.05) is 12.4 Å². The highest BCUT2D eigenvalue weighted by Crippen LogP contribution is 2.17. The molecule has 2 heterocycles. The van der Waals surface area contributed by atoms with E-state index >= 15 is 0 Å². The molecule has 0 aliphatic heterocycles. The van der Waals surface area contributed by atoms with Gasteiger partial charge in [-0.2, -0.15) is 0 Å². The van der Waals surface area contributed by atoms with Gasteiger partial charge in [0.2, 0.25) is 5.91 Å². The van der Waals surface area contributed by atoms with Crippen LogP contribution in [0.5, 0.6) is 5.75 Å². The summed E-state index contributed by atoms with van der Waals surface area (Å²) in [4.78, 5) is 32.2. The Bertz CT molecular complexity index is 941. The number of H-pyrrole nitrogens is 1. The highest BCUT2D eigenvalue weighted by atomic mass is 16.5. The summed E-state index contributed by atoms with van der Waals surface area (Å²) >= 11 is 0. The van der Waals surface area contributed by atoms with Crippen LogP contribution in [-0.4, -0.2) is 27.6 Å². The normalized spacial score (nSPS) is 12.1. The van der Waals surface area contributed by atoms with Crippen LogP contribution in [0.25, 0.3) is 11.0 Å². The summed E-state index contributed by atoms with van der Waals surface area (Å²) in [5.74, 6) is 0.408. The van der Waals surface area contributed by atoms with Crippen LogP contribution < -0.4 is 15.6 Å². The Morgan fingerprint density at radius 3 is 2.71 bits per heavy atom. The molecular weight excluding hydrogens is 308 g/mol. The van der Waals surface area contributed by atoms with Gasteiger partial charge < -0.3 is 15.0 Å². The first-order valence-electron chi connectivity index (χ1n) is 7.51. The zero-order chi connectivity index (χ0) is 17.3. The quantitative estimate of drug-likeness (QED) is 0.769. The van der Waals surface area contributed by atoms with Gasteiger partial charge in [0.15, 0.2) is 0 Å². The summed E-state index contributed by atoms with van der Waals surface area (Å²) in [5, 5.41) is 3.25. The molecule has 0 fully saturated rings. The maximum Gasteiger partial charge on any atom is 0.263 e. The second-order valence-corrected chi connectivity index (χ2v) is 5.57. The lowest BCUT2D eigenvalue weighted by Gasteiger charge is -2.15. The van der Waals surface area contributed by atoms with Crippen molar-refractivity contribution in [1.82, 2.24) is 14.5 Å². The number of anilines is 1. The molecule has 2 N–H and O–H groups in total. The molecule has 7 heteroatoms. The maximum absolute atomic E-state index is 12.5. The highest BCUT2D eigenvalue weighted by molar-refractivity contribution is 5.93. The van der Waals surface area contributed by atoms with Gasteiger partial charge >= 0.3 is 0 Å². The number of aromatic amines is 1. The van der Waals surface area contributed by atoms with Crippen LogP contribution in [0.1, 0.15) is 18.7 Å². The van der Waals surface area contributed by atoms with Crippen molar-refractivity contribution in [2.24, 2.45) is 0 Å². The van der Waals surface area contributed by atoms with Crippen molar-refractivity contribution < 1.29 is 9.53 Å². The third kappa shape index (κ3) is 2.88. The Kier molecular flexibility index (Phi) is 4.07. The van der Waals surface area contributed by atoms with Gasteiger partial charge in [0, 0.05) is 11.4 Å². The number of benzene rings is 1. The molecule has 1 amide bonds. The first kappa shape index (κ1) is 15.8. The SMILES string of the molecule is COc1ccc(NC(=O)C(C)n2cnc3[nH]c(C)cc3c2=O)cc1. The second kappa shape index (κ2) is 6.19. The summed E-state index contributed by atoms with van der Waals surface area (Å²) < 4.78 is 6.41. The molecule has 0 saturated heterocycles. The summed E-state index contributed by atoms with van der Waals surface area (Å²) in [6.45, 7) is 3.51. The standard InChI is InChI=1S/C17H18N4O3/c1-10-8-14-15(19-10)18-9-21(17(14)23)11(2)16(22)20-12-4-6-13(24-3)7-5-12/h4-9,11,19H,1-3H3,(H,20,22). The first-order chi connectivity index (χ1) is 11.5. The van der Waals surface area contributed by atoms with Gasteiger partial charge in [0.25, 0.3) is 5.56 Å². The average molecular weight is 326 g/mol. The molecule has 0 aliphatic carbocycles. The van der Waals surface area contributed by atoms with E-state index < -0.39 is 6.04 Å². The number of hydrogen-bond acceptors (Lipinski definition) is 4. The lowest BCUT2D eigenvalue weighted by Crippen LogP contribution is -2.31. The zero-order valence-corrected chi connectivity index (χ0v) is 13.7. The number of nitrogens with one attached hydrogen (secondary N) is 2. The molecule has 3 rings (SSSR count). The molecule has 0 radical (unpaired) electrons. The lowest BCUT2D eigenvalue weighted by molar-refractivity contribution is -0.118. The molecule has 3 aromatic rings. The van der Waals surface area contributed by atoms with E-state index in [0.29, 0.717) is 22.5 Å². The van der Waals surface area contributed by atoms with E-state index in [1.807, 2.05) is 6.92 Å². The van der Waals surface area contributed by atoms with Gasteiger partial charge in [0.1, 0.15) is 23.8 Å². The van der Waals surface area contributed by atoms with E-state index in [9.17, 15) is 9.59 Å². The Balaban J connectivity index is 1.84. The predicted octanol–water partition coefficient (Wildman–Crippen LogP) is 2.24. The molecular formula is C17H18N4O3.